The molecule has 0 unspecified atom stereocenters. The third-order valence-corrected chi connectivity index (χ3v) is 2.78. The van der Waals surface area contributed by atoms with Gasteiger partial charge in [0, 0.05) is 11.3 Å². The molecule has 1 aromatic heterocycles. The van der Waals surface area contributed by atoms with Crippen LogP contribution in [-0.4, -0.2) is 20.5 Å². The highest BCUT2D eigenvalue weighted by atomic mass is 35.5. The van der Waals surface area contributed by atoms with E-state index in [1.165, 1.54) is 0 Å². The summed E-state index contributed by atoms with van der Waals surface area (Å²) in [6, 6.07) is 7.30. The van der Waals surface area contributed by atoms with Gasteiger partial charge < -0.3 is 0 Å². The molecular formula is C12H12ClN3O. The van der Waals surface area contributed by atoms with Crippen molar-refractivity contribution in [1.82, 2.24) is 14.8 Å². The summed E-state index contributed by atoms with van der Waals surface area (Å²) in [5.41, 5.74) is 1.60. The first-order valence-electron chi connectivity index (χ1n) is 5.21. The van der Waals surface area contributed by atoms with Gasteiger partial charge in [0.25, 0.3) is 0 Å². The van der Waals surface area contributed by atoms with Crippen LogP contribution in [0.3, 0.4) is 0 Å². The smallest absolute Gasteiger partial charge is 0.159 e. The van der Waals surface area contributed by atoms with Crippen LogP contribution in [0.5, 0.6) is 0 Å². The largest absolute Gasteiger partial charge is 0.295 e. The molecule has 88 valence electrons. The Morgan fingerprint density at radius 1 is 1.29 bits per heavy atom. The average Bonchev–Trinajstić information content (AvgIpc) is 2.70. The van der Waals surface area contributed by atoms with E-state index in [2.05, 4.69) is 10.2 Å². The van der Waals surface area contributed by atoms with E-state index in [-0.39, 0.29) is 5.78 Å². The van der Waals surface area contributed by atoms with Crippen LogP contribution >= 0.6 is 11.6 Å². The summed E-state index contributed by atoms with van der Waals surface area (Å²) in [7, 11) is 0. The van der Waals surface area contributed by atoms with E-state index in [1.807, 2.05) is 23.6 Å². The molecule has 1 heterocycles. The first kappa shape index (κ1) is 11.8. The number of Topliss-reactive ketones (excluding diaryl/α,β-unsaturated/α-hetero) is 1. The number of halogens is 1. The number of benzene rings is 1. The van der Waals surface area contributed by atoms with Crippen LogP contribution in [0.4, 0.5) is 0 Å². The van der Waals surface area contributed by atoms with E-state index in [4.69, 9.17) is 11.6 Å². The van der Waals surface area contributed by atoms with Crippen molar-refractivity contribution in [2.45, 2.75) is 19.7 Å². The number of hydrogen-bond acceptors (Lipinski definition) is 3. The van der Waals surface area contributed by atoms with Gasteiger partial charge in [-0.3, -0.25) is 9.36 Å². The standard InChI is InChI=1S/C12H12ClN3O/c1-8(17)10-3-5-11(6-4-10)16-9(2)14-15-12(16)7-13/h3-6H,7H2,1-2H3. The second-order valence-electron chi connectivity index (χ2n) is 3.74. The summed E-state index contributed by atoms with van der Waals surface area (Å²) in [5, 5.41) is 7.97. The van der Waals surface area contributed by atoms with E-state index >= 15 is 0 Å². The van der Waals surface area contributed by atoms with Gasteiger partial charge in [-0.25, -0.2) is 0 Å². The Labute approximate surface area is 104 Å². The molecule has 0 saturated heterocycles. The highest BCUT2D eigenvalue weighted by molar-refractivity contribution is 6.16. The molecule has 0 aliphatic rings. The minimum Gasteiger partial charge on any atom is -0.295 e. The van der Waals surface area contributed by atoms with Crippen molar-refractivity contribution in [3.05, 3.63) is 41.5 Å². The molecule has 0 amide bonds. The first-order valence-corrected chi connectivity index (χ1v) is 5.75. The Hall–Kier alpha value is -1.68. The predicted molar refractivity (Wildman–Crippen MR) is 65.7 cm³/mol. The van der Waals surface area contributed by atoms with Gasteiger partial charge in [0.05, 0.1) is 5.88 Å². The minimum atomic E-state index is 0.0506. The van der Waals surface area contributed by atoms with E-state index in [9.17, 15) is 4.79 Å². The molecule has 17 heavy (non-hydrogen) atoms. The van der Waals surface area contributed by atoms with Crippen molar-refractivity contribution in [3.8, 4) is 5.69 Å². The zero-order chi connectivity index (χ0) is 12.4. The molecule has 0 aliphatic carbocycles. The highest BCUT2D eigenvalue weighted by Gasteiger charge is 2.09. The van der Waals surface area contributed by atoms with E-state index in [0.29, 0.717) is 17.3 Å². The summed E-state index contributed by atoms with van der Waals surface area (Å²) in [6.07, 6.45) is 0. The predicted octanol–water partition coefficient (Wildman–Crippen LogP) is 2.52. The normalized spacial score (nSPS) is 10.5. The van der Waals surface area contributed by atoms with Gasteiger partial charge in [-0.1, -0.05) is 0 Å². The molecule has 0 spiro atoms. The lowest BCUT2D eigenvalue weighted by Gasteiger charge is -2.07. The summed E-state index contributed by atoms with van der Waals surface area (Å²) in [5.74, 6) is 1.82. The molecule has 0 N–H and O–H groups in total. The van der Waals surface area contributed by atoms with Crippen molar-refractivity contribution in [2.24, 2.45) is 0 Å². The molecule has 2 rings (SSSR count). The first-order chi connectivity index (χ1) is 8.13. The van der Waals surface area contributed by atoms with Crippen LogP contribution in [0.25, 0.3) is 5.69 Å². The maximum absolute atomic E-state index is 11.2. The Morgan fingerprint density at radius 3 is 2.47 bits per heavy atom. The molecule has 5 heteroatoms. The third-order valence-electron chi connectivity index (χ3n) is 2.54. The lowest BCUT2D eigenvalue weighted by atomic mass is 10.1. The van der Waals surface area contributed by atoms with Gasteiger partial charge in [-0.05, 0) is 38.1 Å². The fourth-order valence-electron chi connectivity index (χ4n) is 1.67. The Balaban J connectivity index is 2.46. The number of nitrogens with zero attached hydrogens (tertiary/aromatic N) is 3. The Morgan fingerprint density at radius 2 is 1.94 bits per heavy atom. The number of hydrogen-bond donors (Lipinski definition) is 0. The van der Waals surface area contributed by atoms with Crippen LogP contribution in [0.1, 0.15) is 28.9 Å². The van der Waals surface area contributed by atoms with Gasteiger partial charge in [0.1, 0.15) is 5.82 Å². The van der Waals surface area contributed by atoms with E-state index in [0.717, 1.165) is 11.5 Å². The zero-order valence-electron chi connectivity index (χ0n) is 9.64. The Kier molecular flexibility index (Phi) is 3.24. The maximum atomic E-state index is 11.2. The number of carbonyl (C=O) groups is 1. The van der Waals surface area contributed by atoms with Crippen LogP contribution in [0.15, 0.2) is 24.3 Å². The molecule has 4 nitrogen and oxygen atoms in total. The summed E-state index contributed by atoms with van der Waals surface area (Å²) in [6.45, 7) is 3.41. The lowest BCUT2D eigenvalue weighted by molar-refractivity contribution is 0.101. The van der Waals surface area contributed by atoms with Crippen molar-refractivity contribution >= 4 is 17.4 Å². The number of aryl methyl sites for hydroxylation is 1. The molecule has 0 atom stereocenters. The number of carbonyl (C=O) groups excluding carboxylic acids is 1. The fourth-order valence-corrected chi connectivity index (χ4v) is 1.85. The highest BCUT2D eigenvalue weighted by Crippen LogP contribution is 2.15. The zero-order valence-corrected chi connectivity index (χ0v) is 10.4. The number of rotatable bonds is 3. The molecule has 0 fully saturated rings. The fraction of sp³-hybridized carbons (Fsp3) is 0.250. The summed E-state index contributed by atoms with van der Waals surface area (Å²) in [4.78, 5) is 11.2. The molecule has 0 radical (unpaired) electrons. The number of alkyl halides is 1. The number of aromatic nitrogens is 3. The molecule has 0 bridgehead atoms. The van der Waals surface area contributed by atoms with Crippen LogP contribution in [0, 0.1) is 6.92 Å². The van der Waals surface area contributed by atoms with Crippen molar-refractivity contribution in [2.75, 3.05) is 0 Å². The monoisotopic (exact) mass is 249 g/mol. The van der Waals surface area contributed by atoms with Crippen molar-refractivity contribution in [1.29, 1.82) is 0 Å². The summed E-state index contributed by atoms with van der Waals surface area (Å²) >= 11 is 5.80. The average molecular weight is 250 g/mol. The van der Waals surface area contributed by atoms with Crippen LogP contribution < -0.4 is 0 Å². The van der Waals surface area contributed by atoms with E-state index in [1.54, 1.807) is 19.1 Å². The SMILES string of the molecule is CC(=O)c1ccc(-n2c(C)nnc2CCl)cc1. The second-order valence-corrected chi connectivity index (χ2v) is 4.00. The quantitative estimate of drug-likeness (QED) is 0.620. The second kappa shape index (κ2) is 4.67. The van der Waals surface area contributed by atoms with Gasteiger partial charge in [0.2, 0.25) is 0 Å². The number of ketones is 1. The van der Waals surface area contributed by atoms with Crippen molar-refractivity contribution in [3.63, 3.8) is 0 Å². The van der Waals surface area contributed by atoms with Crippen molar-refractivity contribution < 1.29 is 4.79 Å². The Bertz CT molecular complexity index is 545. The molecule has 1 aromatic carbocycles. The molecular weight excluding hydrogens is 238 g/mol. The van der Waals surface area contributed by atoms with Gasteiger partial charge in [0.15, 0.2) is 11.6 Å². The maximum Gasteiger partial charge on any atom is 0.159 e. The third kappa shape index (κ3) is 2.22. The van der Waals surface area contributed by atoms with Gasteiger partial charge in [-0.15, -0.1) is 21.8 Å². The van der Waals surface area contributed by atoms with E-state index < -0.39 is 0 Å². The van der Waals surface area contributed by atoms with Crippen LogP contribution in [-0.2, 0) is 5.88 Å². The molecule has 0 saturated carbocycles. The minimum absolute atomic E-state index is 0.0506. The summed E-state index contributed by atoms with van der Waals surface area (Å²) < 4.78 is 1.87. The molecule has 2 aromatic rings. The topological polar surface area (TPSA) is 47.8 Å². The van der Waals surface area contributed by atoms with Gasteiger partial charge in [-0.2, -0.15) is 0 Å². The van der Waals surface area contributed by atoms with Gasteiger partial charge >= 0.3 is 0 Å². The molecule has 0 aliphatic heterocycles. The lowest BCUT2D eigenvalue weighted by Crippen LogP contribution is -2.02. The van der Waals surface area contributed by atoms with Crippen LogP contribution in [0.2, 0.25) is 0 Å².